The van der Waals surface area contributed by atoms with Gasteiger partial charge in [-0.1, -0.05) is 64.8 Å². The van der Waals surface area contributed by atoms with Gasteiger partial charge in [0.1, 0.15) is 5.75 Å². The Balaban J connectivity index is 1.55. The van der Waals surface area contributed by atoms with E-state index in [-0.39, 0.29) is 6.54 Å². The number of rotatable bonds is 8. The van der Waals surface area contributed by atoms with Gasteiger partial charge < -0.3 is 15.4 Å². The fourth-order valence-corrected chi connectivity index (χ4v) is 4.81. The molecule has 0 spiro atoms. The molecule has 0 aliphatic rings. The molecule has 0 aliphatic carbocycles. The van der Waals surface area contributed by atoms with E-state index in [2.05, 4.69) is 20.8 Å². The van der Waals surface area contributed by atoms with E-state index in [1.54, 1.807) is 49.6 Å². The Kier molecular flexibility index (Phi) is 8.41. The van der Waals surface area contributed by atoms with Gasteiger partial charge in [0.2, 0.25) is 0 Å². The molecule has 0 radical (unpaired) electrons. The van der Waals surface area contributed by atoms with E-state index in [0.29, 0.717) is 43.2 Å². The van der Waals surface area contributed by atoms with Crippen LogP contribution in [0.2, 0.25) is 15.1 Å². The van der Waals surface area contributed by atoms with Gasteiger partial charge in [-0.05, 0) is 54.1 Å². The number of amides is 2. The molecular weight excluding hydrogens is 529 g/mol. The van der Waals surface area contributed by atoms with Crippen molar-refractivity contribution in [1.82, 2.24) is 20.1 Å². The summed E-state index contributed by atoms with van der Waals surface area (Å²) >= 11 is 20.1. The minimum absolute atomic E-state index is 0.109. The number of nitrogens with one attached hydrogen (secondary N) is 2. The topological polar surface area (TPSA) is 81.1 Å². The average Bonchev–Trinajstić information content (AvgIpc) is 3.24. The number of carbonyl (C=O) groups is 1. The van der Waals surface area contributed by atoms with E-state index < -0.39 is 6.03 Å². The fourth-order valence-electron chi connectivity index (χ4n) is 3.22. The summed E-state index contributed by atoms with van der Waals surface area (Å²) in [5, 5.41) is 16.3. The second-order valence-electron chi connectivity index (χ2n) is 7.29. The first-order valence-electron chi connectivity index (χ1n) is 10.4. The van der Waals surface area contributed by atoms with Crippen molar-refractivity contribution in [1.29, 1.82) is 0 Å². The highest BCUT2D eigenvalue weighted by Crippen LogP contribution is 2.31. The first kappa shape index (κ1) is 25.2. The standard InChI is InChI=1S/C24H20Cl3N5O2S/c1-34-19-7-2-4-15(10-19)14-35-24-31-30-22(32(24)21-9-8-17(26)12-20(21)27)13-28-23(33)29-18-6-3-5-16(25)11-18/h2-12H,13-14H2,1H3,(H2,28,29,33). The van der Waals surface area contributed by atoms with Crippen molar-refractivity contribution in [2.75, 3.05) is 12.4 Å². The molecule has 11 heteroatoms. The summed E-state index contributed by atoms with van der Waals surface area (Å²) in [7, 11) is 1.63. The van der Waals surface area contributed by atoms with Gasteiger partial charge in [-0.25, -0.2) is 4.79 Å². The maximum Gasteiger partial charge on any atom is 0.319 e. The summed E-state index contributed by atoms with van der Waals surface area (Å²) in [5.74, 6) is 1.91. The highest BCUT2D eigenvalue weighted by Gasteiger charge is 2.18. The number of thioether (sulfide) groups is 1. The van der Waals surface area contributed by atoms with Crippen LogP contribution in [0.15, 0.2) is 71.9 Å². The molecule has 1 aromatic heterocycles. The van der Waals surface area contributed by atoms with Crippen molar-refractivity contribution < 1.29 is 9.53 Å². The molecule has 0 fully saturated rings. The summed E-state index contributed by atoms with van der Waals surface area (Å²) in [6, 6.07) is 19.5. The minimum atomic E-state index is -0.408. The third-order valence-corrected chi connectivity index (χ3v) is 6.62. The molecule has 180 valence electrons. The zero-order valence-corrected chi connectivity index (χ0v) is 21.5. The van der Waals surface area contributed by atoms with Crippen LogP contribution in [0.4, 0.5) is 10.5 Å². The number of nitrogens with zero attached hydrogens (tertiary/aromatic N) is 3. The fraction of sp³-hybridized carbons (Fsp3) is 0.125. The minimum Gasteiger partial charge on any atom is -0.497 e. The van der Waals surface area contributed by atoms with E-state index in [1.807, 2.05) is 28.8 Å². The highest BCUT2D eigenvalue weighted by molar-refractivity contribution is 7.98. The average molecular weight is 549 g/mol. The normalized spacial score (nSPS) is 10.7. The van der Waals surface area contributed by atoms with Crippen molar-refractivity contribution in [3.05, 3.63) is 93.2 Å². The van der Waals surface area contributed by atoms with Crippen molar-refractivity contribution >= 4 is 58.3 Å². The van der Waals surface area contributed by atoms with Gasteiger partial charge in [-0.2, -0.15) is 0 Å². The van der Waals surface area contributed by atoms with E-state index in [4.69, 9.17) is 39.5 Å². The Morgan fingerprint density at radius 3 is 2.57 bits per heavy atom. The predicted molar refractivity (Wildman–Crippen MR) is 141 cm³/mol. The Labute approximate surface area is 221 Å². The Morgan fingerprint density at radius 2 is 1.80 bits per heavy atom. The van der Waals surface area contributed by atoms with Crippen LogP contribution < -0.4 is 15.4 Å². The lowest BCUT2D eigenvalue weighted by Crippen LogP contribution is -2.29. The SMILES string of the molecule is COc1cccc(CSc2nnc(CNC(=O)Nc3cccc(Cl)c3)n2-c2ccc(Cl)cc2Cl)c1. The molecule has 0 saturated carbocycles. The first-order valence-corrected chi connectivity index (χ1v) is 12.5. The van der Waals surface area contributed by atoms with Gasteiger partial charge in [-0.3, -0.25) is 4.57 Å². The van der Waals surface area contributed by atoms with Crippen LogP contribution in [0.3, 0.4) is 0 Å². The number of benzene rings is 3. The monoisotopic (exact) mass is 547 g/mol. The first-order chi connectivity index (χ1) is 16.9. The number of methoxy groups -OCH3 is 1. The third-order valence-electron chi connectivity index (χ3n) is 4.84. The molecule has 0 unspecified atom stereocenters. The van der Waals surface area contributed by atoms with Gasteiger partial charge in [-0.15, -0.1) is 10.2 Å². The molecule has 3 aromatic carbocycles. The molecule has 35 heavy (non-hydrogen) atoms. The molecule has 2 N–H and O–H groups in total. The van der Waals surface area contributed by atoms with Crippen LogP contribution in [-0.2, 0) is 12.3 Å². The van der Waals surface area contributed by atoms with Gasteiger partial charge >= 0.3 is 6.03 Å². The maximum absolute atomic E-state index is 12.5. The van der Waals surface area contributed by atoms with Gasteiger partial charge in [0, 0.05) is 21.5 Å². The van der Waals surface area contributed by atoms with Crippen molar-refractivity contribution in [2.45, 2.75) is 17.5 Å². The van der Waals surface area contributed by atoms with Crippen LogP contribution in [0, 0.1) is 0 Å². The van der Waals surface area contributed by atoms with E-state index in [9.17, 15) is 4.79 Å². The number of halogens is 3. The van der Waals surface area contributed by atoms with Crippen LogP contribution in [-0.4, -0.2) is 27.9 Å². The third kappa shape index (κ3) is 6.61. The molecule has 2 amide bonds. The van der Waals surface area contributed by atoms with Crippen LogP contribution in [0.25, 0.3) is 5.69 Å². The lowest BCUT2D eigenvalue weighted by Gasteiger charge is -2.13. The van der Waals surface area contributed by atoms with E-state index in [1.165, 1.54) is 11.8 Å². The number of hydrogen-bond donors (Lipinski definition) is 2. The second kappa shape index (κ2) is 11.7. The Bertz CT molecular complexity index is 1350. The molecule has 0 saturated heterocycles. The summed E-state index contributed by atoms with van der Waals surface area (Å²) in [6.07, 6.45) is 0. The lowest BCUT2D eigenvalue weighted by molar-refractivity contribution is 0.251. The molecule has 0 bridgehead atoms. The summed E-state index contributed by atoms with van der Waals surface area (Å²) < 4.78 is 7.12. The number of urea groups is 1. The zero-order valence-electron chi connectivity index (χ0n) is 18.5. The van der Waals surface area contributed by atoms with Gasteiger partial charge in [0.15, 0.2) is 11.0 Å². The van der Waals surface area contributed by atoms with Crippen molar-refractivity contribution in [3.63, 3.8) is 0 Å². The molecule has 7 nitrogen and oxygen atoms in total. The number of hydrogen-bond acceptors (Lipinski definition) is 5. The Morgan fingerprint density at radius 1 is 1.00 bits per heavy atom. The molecule has 0 aliphatic heterocycles. The Hall–Kier alpha value is -2.91. The number of carbonyl (C=O) groups excluding carboxylic acids is 1. The molecule has 4 rings (SSSR count). The molecule has 0 atom stereocenters. The van der Waals surface area contributed by atoms with Gasteiger partial charge in [0.05, 0.1) is 24.4 Å². The summed E-state index contributed by atoms with van der Waals surface area (Å²) in [5.41, 5.74) is 2.29. The quantitative estimate of drug-likeness (QED) is 0.235. The van der Waals surface area contributed by atoms with Crippen molar-refractivity contribution in [2.24, 2.45) is 0 Å². The lowest BCUT2D eigenvalue weighted by atomic mass is 10.2. The predicted octanol–water partition coefficient (Wildman–Crippen LogP) is 6.85. The molecule has 4 aromatic rings. The van der Waals surface area contributed by atoms with Crippen LogP contribution >= 0.6 is 46.6 Å². The number of anilines is 1. The molecular formula is C24H20Cl3N5O2S. The van der Waals surface area contributed by atoms with Gasteiger partial charge in [0.25, 0.3) is 0 Å². The largest absolute Gasteiger partial charge is 0.497 e. The summed E-state index contributed by atoms with van der Waals surface area (Å²) in [6.45, 7) is 0.109. The zero-order chi connectivity index (χ0) is 24.8. The number of ether oxygens (including phenoxy) is 1. The van der Waals surface area contributed by atoms with Crippen molar-refractivity contribution in [3.8, 4) is 11.4 Å². The van der Waals surface area contributed by atoms with E-state index >= 15 is 0 Å². The smallest absolute Gasteiger partial charge is 0.319 e. The molecule has 1 heterocycles. The summed E-state index contributed by atoms with van der Waals surface area (Å²) in [4.78, 5) is 12.5. The maximum atomic E-state index is 12.5. The van der Waals surface area contributed by atoms with E-state index in [0.717, 1.165) is 11.3 Å². The van der Waals surface area contributed by atoms with Crippen LogP contribution in [0.5, 0.6) is 5.75 Å². The second-order valence-corrected chi connectivity index (χ2v) is 9.51. The highest BCUT2D eigenvalue weighted by atomic mass is 35.5. The van der Waals surface area contributed by atoms with Crippen LogP contribution in [0.1, 0.15) is 11.4 Å². The number of aromatic nitrogens is 3.